The molecule has 0 unspecified atom stereocenters. The van der Waals surface area contributed by atoms with Crippen molar-refractivity contribution in [1.29, 1.82) is 0 Å². The van der Waals surface area contributed by atoms with Crippen molar-refractivity contribution in [1.82, 2.24) is 25.1 Å². The lowest BCUT2D eigenvalue weighted by molar-refractivity contribution is -0.123. The fraction of sp³-hybridized carbons (Fsp3) is 0.238. The second-order valence-electron chi connectivity index (χ2n) is 7.12. The smallest absolute Gasteiger partial charge is 0.267 e. The van der Waals surface area contributed by atoms with Gasteiger partial charge in [-0.1, -0.05) is 32.0 Å². The predicted octanol–water partition coefficient (Wildman–Crippen LogP) is 3.36. The molecule has 2 N–H and O–H groups in total. The van der Waals surface area contributed by atoms with Gasteiger partial charge in [0.05, 0.1) is 22.0 Å². The SMILES string of the molecule is CC(C)[C@H](NC(=O)Cn1nc(-c2cccs2)ccc1=O)c1nc2ccccc2[nH]1. The van der Waals surface area contributed by atoms with Gasteiger partial charge in [-0.15, -0.1) is 11.3 Å². The zero-order chi connectivity index (χ0) is 20.4. The zero-order valence-corrected chi connectivity index (χ0v) is 16.9. The van der Waals surface area contributed by atoms with Gasteiger partial charge in [-0.05, 0) is 35.6 Å². The Bertz CT molecular complexity index is 1160. The number of para-hydroxylation sites is 2. The second-order valence-corrected chi connectivity index (χ2v) is 8.07. The maximum absolute atomic E-state index is 12.7. The van der Waals surface area contributed by atoms with E-state index in [-0.39, 0.29) is 30.0 Å². The molecule has 0 bridgehead atoms. The molecule has 7 nitrogen and oxygen atoms in total. The van der Waals surface area contributed by atoms with Gasteiger partial charge < -0.3 is 10.3 Å². The normalized spacial score (nSPS) is 12.4. The van der Waals surface area contributed by atoms with Crippen LogP contribution in [0.3, 0.4) is 0 Å². The third-order valence-electron chi connectivity index (χ3n) is 4.62. The number of carbonyl (C=O) groups excluding carboxylic acids is 1. The van der Waals surface area contributed by atoms with Crippen LogP contribution in [0.4, 0.5) is 0 Å². The van der Waals surface area contributed by atoms with Crippen molar-refractivity contribution >= 4 is 28.3 Å². The summed E-state index contributed by atoms with van der Waals surface area (Å²) >= 11 is 1.53. The van der Waals surface area contributed by atoms with E-state index in [1.165, 1.54) is 22.1 Å². The van der Waals surface area contributed by atoms with Crippen LogP contribution in [0.25, 0.3) is 21.6 Å². The van der Waals surface area contributed by atoms with E-state index in [0.717, 1.165) is 15.9 Å². The standard InChI is InChI=1S/C21H21N5O2S/c1-13(2)20(21-22-14-6-3-4-7-15(14)23-21)24-18(27)12-26-19(28)10-9-16(25-26)17-8-5-11-29-17/h3-11,13,20H,12H2,1-2H3,(H,22,23)(H,24,27)/t20-/m0/s1. The van der Waals surface area contributed by atoms with Crippen LogP contribution in [0.15, 0.2) is 58.7 Å². The molecule has 1 amide bonds. The summed E-state index contributed by atoms with van der Waals surface area (Å²) in [5.41, 5.74) is 2.13. The van der Waals surface area contributed by atoms with Gasteiger partial charge >= 0.3 is 0 Å². The van der Waals surface area contributed by atoms with E-state index < -0.39 is 0 Å². The molecule has 0 aliphatic rings. The highest BCUT2D eigenvalue weighted by molar-refractivity contribution is 7.13. The lowest BCUT2D eigenvalue weighted by Crippen LogP contribution is -2.37. The summed E-state index contributed by atoms with van der Waals surface area (Å²) < 4.78 is 1.19. The molecule has 0 fully saturated rings. The van der Waals surface area contributed by atoms with Crippen molar-refractivity contribution in [3.05, 3.63) is 70.1 Å². The lowest BCUT2D eigenvalue weighted by atomic mass is 10.0. The van der Waals surface area contributed by atoms with Gasteiger partial charge in [0.15, 0.2) is 0 Å². The monoisotopic (exact) mass is 407 g/mol. The van der Waals surface area contributed by atoms with Gasteiger partial charge in [-0.25, -0.2) is 9.67 Å². The number of hydrogen-bond acceptors (Lipinski definition) is 5. The molecular weight excluding hydrogens is 386 g/mol. The highest BCUT2D eigenvalue weighted by Gasteiger charge is 2.22. The summed E-state index contributed by atoms with van der Waals surface area (Å²) in [6, 6.07) is 14.4. The molecule has 0 aliphatic heterocycles. The number of nitrogens with zero attached hydrogens (tertiary/aromatic N) is 3. The Morgan fingerprint density at radius 3 is 2.72 bits per heavy atom. The number of aromatic amines is 1. The van der Waals surface area contributed by atoms with Crippen LogP contribution in [-0.4, -0.2) is 25.7 Å². The van der Waals surface area contributed by atoms with Crippen LogP contribution in [0.1, 0.15) is 25.7 Å². The fourth-order valence-corrected chi connectivity index (χ4v) is 3.83. The molecule has 1 atom stereocenters. The molecule has 148 valence electrons. The average molecular weight is 407 g/mol. The maximum atomic E-state index is 12.7. The number of amides is 1. The molecule has 0 radical (unpaired) electrons. The Morgan fingerprint density at radius 1 is 1.17 bits per heavy atom. The number of imidazole rings is 1. The molecule has 0 spiro atoms. The Hall–Kier alpha value is -3.26. The Labute approximate surface area is 171 Å². The van der Waals surface area contributed by atoms with Crippen molar-refractivity contribution in [2.24, 2.45) is 5.92 Å². The van der Waals surface area contributed by atoms with Crippen LogP contribution < -0.4 is 10.9 Å². The van der Waals surface area contributed by atoms with Crippen LogP contribution >= 0.6 is 11.3 Å². The first-order chi connectivity index (χ1) is 14.0. The molecule has 0 saturated heterocycles. The average Bonchev–Trinajstić information content (AvgIpc) is 3.37. The van der Waals surface area contributed by atoms with Crippen LogP contribution in [0.5, 0.6) is 0 Å². The lowest BCUT2D eigenvalue weighted by Gasteiger charge is -2.20. The summed E-state index contributed by atoms with van der Waals surface area (Å²) in [5, 5.41) is 9.28. The Kier molecular flexibility index (Phi) is 5.26. The minimum atomic E-state index is -0.315. The summed E-state index contributed by atoms with van der Waals surface area (Å²) in [7, 11) is 0. The second kappa shape index (κ2) is 8.00. The molecule has 1 aromatic carbocycles. The van der Waals surface area contributed by atoms with E-state index >= 15 is 0 Å². The van der Waals surface area contributed by atoms with E-state index in [2.05, 4.69) is 20.4 Å². The number of rotatable bonds is 6. The van der Waals surface area contributed by atoms with Gasteiger partial charge in [0.2, 0.25) is 5.91 Å². The first-order valence-corrected chi connectivity index (χ1v) is 10.3. The number of aromatic nitrogens is 4. The molecule has 3 aromatic heterocycles. The molecule has 4 rings (SSSR count). The van der Waals surface area contributed by atoms with Crippen LogP contribution in [-0.2, 0) is 11.3 Å². The van der Waals surface area contributed by atoms with Gasteiger partial charge in [-0.2, -0.15) is 5.10 Å². The highest BCUT2D eigenvalue weighted by atomic mass is 32.1. The molecule has 0 saturated carbocycles. The van der Waals surface area contributed by atoms with E-state index in [0.29, 0.717) is 11.5 Å². The maximum Gasteiger partial charge on any atom is 0.267 e. The van der Waals surface area contributed by atoms with Gasteiger partial charge in [0.1, 0.15) is 18.1 Å². The summed E-state index contributed by atoms with van der Waals surface area (Å²) in [6.45, 7) is 3.88. The fourth-order valence-electron chi connectivity index (χ4n) is 3.14. The Morgan fingerprint density at radius 2 is 2.00 bits per heavy atom. The molecule has 8 heteroatoms. The summed E-state index contributed by atoms with van der Waals surface area (Å²) in [6.07, 6.45) is 0. The molecular formula is C21H21N5O2S. The third kappa shape index (κ3) is 4.12. The topological polar surface area (TPSA) is 92.7 Å². The van der Waals surface area contributed by atoms with E-state index in [1.54, 1.807) is 6.07 Å². The van der Waals surface area contributed by atoms with E-state index in [9.17, 15) is 9.59 Å². The number of benzene rings is 1. The van der Waals surface area contributed by atoms with Gasteiger partial charge in [-0.3, -0.25) is 9.59 Å². The van der Waals surface area contributed by atoms with E-state index in [1.807, 2.05) is 55.6 Å². The first kappa shape index (κ1) is 19.1. The van der Waals surface area contributed by atoms with Crippen LogP contribution in [0, 0.1) is 5.92 Å². The van der Waals surface area contributed by atoms with Crippen molar-refractivity contribution in [3.8, 4) is 10.6 Å². The number of thiophene rings is 1. The molecule has 3 heterocycles. The van der Waals surface area contributed by atoms with Crippen molar-refractivity contribution in [2.75, 3.05) is 0 Å². The summed E-state index contributed by atoms with van der Waals surface area (Å²) in [5.74, 6) is 0.519. The van der Waals surface area contributed by atoms with Crippen molar-refractivity contribution in [2.45, 2.75) is 26.4 Å². The number of hydrogen-bond donors (Lipinski definition) is 2. The first-order valence-electron chi connectivity index (χ1n) is 9.37. The zero-order valence-electron chi connectivity index (χ0n) is 16.1. The van der Waals surface area contributed by atoms with Gasteiger partial charge in [0, 0.05) is 6.07 Å². The number of carbonyl (C=O) groups is 1. The molecule has 29 heavy (non-hydrogen) atoms. The molecule has 4 aromatic rings. The predicted molar refractivity (Wildman–Crippen MR) is 114 cm³/mol. The minimum absolute atomic E-state index is 0.113. The number of nitrogens with one attached hydrogen (secondary N) is 2. The van der Waals surface area contributed by atoms with Crippen LogP contribution in [0.2, 0.25) is 0 Å². The Balaban J connectivity index is 1.54. The molecule has 0 aliphatic carbocycles. The van der Waals surface area contributed by atoms with E-state index in [4.69, 9.17) is 0 Å². The minimum Gasteiger partial charge on any atom is -0.344 e. The number of fused-ring (bicyclic) bond motifs is 1. The quantitative estimate of drug-likeness (QED) is 0.513. The van der Waals surface area contributed by atoms with Crippen molar-refractivity contribution in [3.63, 3.8) is 0 Å². The highest BCUT2D eigenvalue weighted by Crippen LogP contribution is 2.23. The van der Waals surface area contributed by atoms with Crippen molar-refractivity contribution < 1.29 is 4.79 Å². The largest absolute Gasteiger partial charge is 0.344 e. The number of H-pyrrole nitrogens is 1. The van der Waals surface area contributed by atoms with Gasteiger partial charge in [0.25, 0.3) is 5.56 Å². The summed E-state index contributed by atoms with van der Waals surface area (Å²) in [4.78, 5) is 33.7. The third-order valence-corrected chi connectivity index (χ3v) is 5.51.